The molecule has 0 radical (unpaired) electrons. The van der Waals surface area contributed by atoms with Crippen LogP contribution >= 0.6 is 15.9 Å². The summed E-state index contributed by atoms with van der Waals surface area (Å²) in [6.07, 6.45) is -4.45. The molecule has 1 aromatic heterocycles. The number of alkyl halides is 3. The number of hydrogen-bond acceptors (Lipinski definition) is 1. The molecule has 1 rings (SSSR count). The molecule has 0 bridgehead atoms. The first-order valence-corrected chi connectivity index (χ1v) is 4.50. The maximum absolute atomic E-state index is 12.5. The van der Waals surface area contributed by atoms with Crippen LogP contribution in [0.4, 0.5) is 13.2 Å². The summed E-state index contributed by atoms with van der Waals surface area (Å²) in [5, 5.41) is 3.40. The Morgan fingerprint density at radius 2 is 2.00 bits per heavy atom. The minimum absolute atomic E-state index is 0.0139. The van der Waals surface area contributed by atoms with E-state index in [2.05, 4.69) is 27.6 Å². The summed E-state index contributed by atoms with van der Waals surface area (Å²) in [4.78, 5) is 0. The molecule has 0 unspecified atom stereocenters. The Labute approximate surface area is 87.5 Å². The van der Waals surface area contributed by atoms with Gasteiger partial charge in [0.15, 0.2) is 5.69 Å². The molecule has 0 N–H and O–H groups in total. The number of aryl methyl sites for hydroxylation is 1. The first kappa shape index (κ1) is 11.3. The third kappa shape index (κ3) is 1.84. The highest BCUT2D eigenvalue weighted by Gasteiger charge is 2.38. The minimum atomic E-state index is -4.45. The van der Waals surface area contributed by atoms with Gasteiger partial charge in [-0.2, -0.15) is 18.3 Å². The van der Waals surface area contributed by atoms with E-state index in [0.717, 1.165) is 0 Å². The highest BCUT2D eigenvalue weighted by atomic mass is 79.9. The molecule has 0 aliphatic rings. The van der Waals surface area contributed by atoms with Gasteiger partial charge in [0, 0.05) is 22.8 Å². The molecule has 0 saturated heterocycles. The van der Waals surface area contributed by atoms with Crippen LogP contribution in [0.25, 0.3) is 4.48 Å². The van der Waals surface area contributed by atoms with Crippen molar-refractivity contribution in [3.05, 3.63) is 23.5 Å². The molecule has 6 heteroatoms. The molecular weight excluding hydrogens is 261 g/mol. The zero-order chi connectivity index (χ0) is 11.1. The predicted molar refractivity (Wildman–Crippen MR) is 50.9 cm³/mol. The highest BCUT2D eigenvalue weighted by Crippen LogP contribution is 2.36. The topological polar surface area (TPSA) is 17.8 Å². The Kier molecular flexibility index (Phi) is 2.76. The van der Waals surface area contributed by atoms with Gasteiger partial charge in [0.05, 0.1) is 0 Å². The fourth-order valence-electron chi connectivity index (χ4n) is 1.13. The molecule has 1 heterocycles. The summed E-state index contributed by atoms with van der Waals surface area (Å²) in [6.45, 7) is 5.00. The van der Waals surface area contributed by atoms with Gasteiger partial charge in [-0.1, -0.05) is 22.5 Å². The lowest BCUT2D eigenvalue weighted by molar-refractivity contribution is -0.141. The number of aromatic nitrogens is 2. The van der Waals surface area contributed by atoms with Crippen molar-refractivity contribution in [1.82, 2.24) is 9.78 Å². The van der Waals surface area contributed by atoms with E-state index in [1.54, 1.807) is 6.92 Å². The normalized spacial score (nSPS) is 11.9. The van der Waals surface area contributed by atoms with Gasteiger partial charge in [-0.25, -0.2) is 0 Å². The first-order valence-electron chi connectivity index (χ1n) is 3.70. The van der Waals surface area contributed by atoms with Crippen molar-refractivity contribution < 1.29 is 13.2 Å². The summed E-state index contributed by atoms with van der Waals surface area (Å²) in [7, 11) is 1.46. The third-order valence-electron chi connectivity index (χ3n) is 1.87. The van der Waals surface area contributed by atoms with Crippen molar-refractivity contribution in [3.8, 4) is 0 Å². The van der Waals surface area contributed by atoms with Crippen LogP contribution in [0.2, 0.25) is 0 Å². The predicted octanol–water partition coefficient (Wildman–Crippen LogP) is 3.11. The Balaban J connectivity index is 3.45. The summed E-state index contributed by atoms with van der Waals surface area (Å²) >= 11 is 2.94. The second-order valence-electron chi connectivity index (χ2n) is 2.84. The number of nitrogens with zero attached hydrogens (tertiary/aromatic N) is 2. The molecule has 0 aliphatic heterocycles. The molecule has 2 nitrogen and oxygen atoms in total. The Bertz CT molecular complexity index is 379. The maximum Gasteiger partial charge on any atom is 0.435 e. The van der Waals surface area contributed by atoms with E-state index in [0.29, 0.717) is 5.69 Å². The first-order chi connectivity index (χ1) is 6.25. The summed E-state index contributed by atoms with van der Waals surface area (Å²) in [5.41, 5.74) is -0.460. The fraction of sp³-hybridized carbons (Fsp3) is 0.375. The van der Waals surface area contributed by atoms with Gasteiger partial charge in [0.2, 0.25) is 0 Å². The Morgan fingerprint density at radius 1 is 1.50 bits per heavy atom. The van der Waals surface area contributed by atoms with Crippen LogP contribution in [0, 0.1) is 6.92 Å². The fourth-order valence-corrected chi connectivity index (χ4v) is 1.61. The molecule has 0 amide bonds. The zero-order valence-electron chi connectivity index (χ0n) is 7.61. The molecule has 0 spiro atoms. The Hall–Kier alpha value is -0.780. The van der Waals surface area contributed by atoms with E-state index >= 15 is 0 Å². The van der Waals surface area contributed by atoms with Gasteiger partial charge in [-0.15, -0.1) is 0 Å². The van der Waals surface area contributed by atoms with Crippen molar-refractivity contribution >= 4 is 20.4 Å². The third-order valence-corrected chi connectivity index (χ3v) is 2.27. The number of hydrogen-bond donors (Lipinski definition) is 0. The molecule has 78 valence electrons. The van der Waals surface area contributed by atoms with Gasteiger partial charge in [0.25, 0.3) is 0 Å². The van der Waals surface area contributed by atoms with Crippen molar-refractivity contribution in [3.63, 3.8) is 0 Å². The van der Waals surface area contributed by atoms with Gasteiger partial charge in [-0.05, 0) is 6.92 Å². The number of halogens is 4. The minimum Gasteiger partial charge on any atom is -0.272 e. The SMILES string of the molecule is C=C(Br)c1c(C(F)(F)F)nn(C)c1C. The monoisotopic (exact) mass is 268 g/mol. The van der Waals surface area contributed by atoms with E-state index in [9.17, 15) is 13.2 Å². The number of rotatable bonds is 1. The van der Waals surface area contributed by atoms with Gasteiger partial charge >= 0.3 is 6.18 Å². The smallest absolute Gasteiger partial charge is 0.272 e. The van der Waals surface area contributed by atoms with Crippen molar-refractivity contribution in [2.24, 2.45) is 7.05 Å². The summed E-state index contributed by atoms with van der Waals surface area (Å²) in [5.74, 6) is 0. The molecule has 0 atom stereocenters. The van der Waals surface area contributed by atoms with E-state index in [4.69, 9.17) is 0 Å². The zero-order valence-corrected chi connectivity index (χ0v) is 9.20. The van der Waals surface area contributed by atoms with Crippen molar-refractivity contribution in [1.29, 1.82) is 0 Å². The van der Waals surface area contributed by atoms with Crippen LogP contribution in [-0.2, 0) is 13.2 Å². The van der Waals surface area contributed by atoms with Crippen molar-refractivity contribution in [2.75, 3.05) is 0 Å². The quantitative estimate of drug-likeness (QED) is 0.765. The molecule has 0 fully saturated rings. The molecule has 0 saturated carbocycles. The Morgan fingerprint density at radius 3 is 2.29 bits per heavy atom. The van der Waals surface area contributed by atoms with Crippen LogP contribution in [-0.4, -0.2) is 9.78 Å². The van der Waals surface area contributed by atoms with Crippen LogP contribution < -0.4 is 0 Å². The maximum atomic E-state index is 12.5. The van der Waals surface area contributed by atoms with E-state index in [1.807, 2.05) is 0 Å². The van der Waals surface area contributed by atoms with E-state index in [-0.39, 0.29) is 10.0 Å². The lowest BCUT2D eigenvalue weighted by Gasteiger charge is -2.04. The molecule has 14 heavy (non-hydrogen) atoms. The lowest BCUT2D eigenvalue weighted by atomic mass is 10.2. The molecule has 1 aromatic rings. The summed E-state index contributed by atoms with van der Waals surface area (Å²) in [6, 6.07) is 0. The van der Waals surface area contributed by atoms with Crippen molar-refractivity contribution in [2.45, 2.75) is 13.1 Å². The van der Waals surface area contributed by atoms with Crippen LogP contribution in [0.1, 0.15) is 17.0 Å². The van der Waals surface area contributed by atoms with Crippen LogP contribution in [0.5, 0.6) is 0 Å². The van der Waals surface area contributed by atoms with E-state index < -0.39 is 11.9 Å². The molecule has 0 aromatic carbocycles. The largest absolute Gasteiger partial charge is 0.435 e. The summed E-state index contributed by atoms with van der Waals surface area (Å²) < 4.78 is 38.8. The lowest BCUT2D eigenvalue weighted by Crippen LogP contribution is -2.08. The van der Waals surface area contributed by atoms with Gasteiger partial charge in [-0.3, -0.25) is 4.68 Å². The highest BCUT2D eigenvalue weighted by molar-refractivity contribution is 9.15. The van der Waals surface area contributed by atoms with Gasteiger partial charge in [0.1, 0.15) is 0 Å². The standard InChI is InChI=1S/C8H8BrF3N2/c1-4(9)6-5(2)14(3)13-7(6)8(10,11)12/h1H2,2-3H3. The average molecular weight is 269 g/mol. The average Bonchev–Trinajstić information content (AvgIpc) is 2.27. The second kappa shape index (κ2) is 3.42. The van der Waals surface area contributed by atoms with Crippen LogP contribution in [0.15, 0.2) is 6.58 Å². The van der Waals surface area contributed by atoms with Gasteiger partial charge < -0.3 is 0 Å². The second-order valence-corrected chi connectivity index (χ2v) is 3.79. The molecule has 0 aliphatic carbocycles. The molecular formula is C8H8BrF3N2. The van der Waals surface area contributed by atoms with Crippen LogP contribution in [0.3, 0.4) is 0 Å². The van der Waals surface area contributed by atoms with E-state index in [1.165, 1.54) is 11.7 Å².